The number of ether oxygens (including phenoxy) is 1. The third kappa shape index (κ3) is 4.89. The smallest absolute Gasteiger partial charge is 0.435 e. The molecule has 0 aromatic carbocycles. The number of halogens is 4. The standard InChI is InChI=1S/C24H23F4N7O3/c1-38-19-8-14(15(25)11-31-19)16-9-17(34-33-16)22(37)35-7-2-13(10-23(35)3-4-23)21(36)32-12-18-20(24(26,27)28)30-6-5-29-18/h5-6,8-9,11,13H,2-4,7,10,12H2,1H3,(H,32,36)(H,33,34)/t13-/m0/s1. The maximum atomic E-state index is 14.3. The molecule has 1 saturated carbocycles. The van der Waals surface area contributed by atoms with E-state index in [9.17, 15) is 27.2 Å². The highest BCUT2D eigenvalue weighted by Gasteiger charge is 2.54. The third-order valence-electron chi connectivity index (χ3n) is 6.94. The second-order valence-electron chi connectivity index (χ2n) is 9.31. The molecule has 4 heterocycles. The number of rotatable bonds is 6. The van der Waals surface area contributed by atoms with E-state index in [-0.39, 0.29) is 41.0 Å². The summed E-state index contributed by atoms with van der Waals surface area (Å²) in [6.45, 7) is -0.122. The summed E-state index contributed by atoms with van der Waals surface area (Å²) < 4.78 is 58.8. The molecule has 3 aromatic rings. The summed E-state index contributed by atoms with van der Waals surface area (Å²) in [5.74, 6) is -1.61. The number of aromatic nitrogens is 5. The van der Waals surface area contributed by atoms with Crippen molar-refractivity contribution in [1.29, 1.82) is 0 Å². The molecule has 0 radical (unpaired) electrons. The maximum Gasteiger partial charge on any atom is 0.435 e. The highest BCUT2D eigenvalue weighted by atomic mass is 19.4. The lowest BCUT2D eigenvalue weighted by atomic mass is 9.88. The average molecular weight is 533 g/mol. The van der Waals surface area contributed by atoms with Crippen molar-refractivity contribution in [2.75, 3.05) is 13.7 Å². The van der Waals surface area contributed by atoms with Crippen LogP contribution in [0.25, 0.3) is 11.3 Å². The molecule has 1 aliphatic carbocycles. The number of hydrogen-bond donors (Lipinski definition) is 2. The van der Waals surface area contributed by atoms with Gasteiger partial charge in [-0.3, -0.25) is 19.7 Å². The van der Waals surface area contributed by atoms with Gasteiger partial charge in [0.15, 0.2) is 11.5 Å². The highest BCUT2D eigenvalue weighted by Crippen LogP contribution is 2.50. The lowest BCUT2D eigenvalue weighted by Crippen LogP contribution is -2.50. The van der Waals surface area contributed by atoms with E-state index in [0.717, 1.165) is 18.6 Å². The van der Waals surface area contributed by atoms with Crippen LogP contribution in [0, 0.1) is 11.7 Å². The Kier molecular flexibility index (Phi) is 6.49. The molecule has 200 valence electrons. The van der Waals surface area contributed by atoms with Crippen molar-refractivity contribution in [2.24, 2.45) is 5.92 Å². The van der Waals surface area contributed by atoms with Crippen molar-refractivity contribution in [3.8, 4) is 17.1 Å². The largest absolute Gasteiger partial charge is 0.481 e. The van der Waals surface area contributed by atoms with Gasteiger partial charge in [0.05, 0.1) is 31.2 Å². The lowest BCUT2D eigenvalue weighted by molar-refractivity contribution is -0.142. The predicted molar refractivity (Wildman–Crippen MR) is 123 cm³/mol. The minimum Gasteiger partial charge on any atom is -0.481 e. The van der Waals surface area contributed by atoms with Gasteiger partial charge in [0.25, 0.3) is 5.91 Å². The van der Waals surface area contributed by atoms with Crippen LogP contribution >= 0.6 is 0 Å². The second-order valence-corrected chi connectivity index (χ2v) is 9.31. The van der Waals surface area contributed by atoms with Gasteiger partial charge in [-0.15, -0.1) is 0 Å². The predicted octanol–water partition coefficient (Wildman–Crippen LogP) is 3.13. The molecule has 2 amide bonds. The summed E-state index contributed by atoms with van der Waals surface area (Å²) >= 11 is 0. The number of hydrogen-bond acceptors (Lipinski definition) is 7. The van der Waals surface area contributed by atoms with Gasteiger partial charge in [-0.25, -0.2) is 14.4 Å². The first-order chi connectivity index (χ1) is 18.1. The van der Waals surface area contributed by atoms with Gasteiger partial charge in [0, 0.05) is 42.0 Å². The Hall–Kier alpha value is -4.10. The fourth-order valence-corrected chi connectivity index (χ4v) is 4.84. The molecule has 38 heavy (non-hydrogen) atoms. The van der Waals surface area contributed by atoms with Crippen LogP contribution in [0.4, 0.5) is 17.6 Å². The fraction of sp³-hybridized carbons (Fsp3) is 0.417. The van der Waals surface area contributed by atoms with Gasteiger partial charge in [0.1, 0.15) is 5.69 Å². The molecule has 10 nitrogen and oxygen atoms in total. The molecule has 1 spiro atoms. The summed E-state index contributed by atoms with van der Waals surface area (Å²) in [6.07, 6.45) is 0.528. The van der Waals surface area contributed by atoms with Crippen LogP contribution in [0.5, 0.6) is 5.88 Å². The lowest BCUT2D eigenvalue weighted by Gasteiger charge is -2.39. The van der Waals surface area contributed by atoms with Gasteiger partial charge in [-0.2, -0.15) is 18.3 Å². The van der Waals surface area contributed by atoms with E-state index < -0.39 is 41.6 Å². The molecule has 3 aromatic heterocycles. The number of methoxy groups -OCH3 is 1. The van der Waals surface area contributed by atoms with E-state index in [2.05, 4.69) is 30.5 Å². The first-order valence-electron chi connectivity index (χ1n) is 11.8. The number of likely N-dealkylation sites (tertiary alicyclic amines) is 1. The zero-order valence-electron chi connectivity index (χ0n) is 20.2. The molecule has 0 unspecified atom stereocenters. The average Bonchev–Trinajstić information content (AvgIpc) is 3.48. The fourth-order valence-electron chi connectivity index (χ4n) is 4.84. The van der Waals surface area contributed by atoms with Gasteiger partial charge < -0.3 is 15.0 Å². The van der Waals surface area contributed by atoms with Gasteiger partial charge in [-0.1, -0.05) is 0 Å². The number of aromatic amines is 1. The first kappa shape index (κ1) is 25.5. The van der Waals surface area contributed by atoms with Crippen LogP contribution in [0.2, 0.25) is 0 Å². The Labute approximate surface area is 213 Å². The molecule has 1 aliphatic heterocycles. The molecular formula is C24H23F4N7O3. The van der Waals surface area contributed by atoms with Crippen molar-refractivity contribution >= 4 is 11.8 Å². The summed E-state index contributed by atoms with van der Waals surface area (Å²) in [5, 5.41) is 9.29. The van der Waals surface area contributed by atoms with Crippen LogP contribution in [-0.2, 0) is 17.5 Å². The van der Waals surface area contributed by atoms with Crippen LogP contribution in [0.1, 0.15) is 47.6 Å². The van der Waals surface area contributed by atoms with E-state index >= 15 is 0 Å². The Morgan fingerprint density at radius 2 is 1.97 bits per heavy atom. The molecule has 2 aliphatic rings. The maximum absolute atomic E-state index is 14.3. The number of piperidine rings is 1. The van der Waals surface area contributed by atoms with Crippen LogP contribution in [0.3, 0.4) is 0 Å². The zero-order valence-corrected chi connectivity index (χ0v) is 20.2. The SMILES string of the molecule is COc1cc(-c2cc(C(=O)N3CC[C@H](C(=O)NCc4nccnc4C(F)(F)F)CC34CC4)[nH]n2)c(F)cn1. The second kappa shape index (κ2) is 9.65. The Bertz CT molecular complexity index is 1370. The number of amides is 2. The van der Waals surface area contributed by atoms with Crippen molar-refractivity contribution in [3.63, 3.8) is 0 Å². The number of H-pyrrole nitrogens is 1. The summed E-state index contributed by atoms with van der Waals surface area (Å²) in [6, 6.07) is 2.83. The number of carbonyl (C=O) groups is 2. The summed E-state index contributed by atoms with van der Waals surface area (Å²) in [7, 11) is 1.40. The van der Waals surface area contributed by atoms with E-state index in [1.165, 1.54) is 19.2 Å². The number of nitrogens with zero attached hydrogens (tertiary/aromatic N) is 5. The number of alkyl halides is 3. The Balaban J connectivity index is 1.24. The third-order valence-corrected chi connectivity index (χ3v) is 6.94. The zero-order chi connectivity index (χ0) is 27.1. The minimum atomic E-state index is -4.68. The number of carbonyl (C=O) groups excluding carboxylic acids is 2. The van der Waals surface area contributed by atoms with Crippen molar-refractivity contribution < 1.29 is 31.9 Å². The first-order valence-corrected chi connectivity index (χ1v) is 11.8. The van der Waals surface area contributed by atoms with E-state index in [4.69, 9.17) is 4.74 Å². The Morgan fingerprint density at radius 3 is 2.68 bits per heavy atom. The van der Waals surface area contributed by atoms with Crippen LogP contribution in [-0.4, -0.2) is 61.1 Å². The molecule has 2 N–H and O–H groups in total. The number of pyridine rings is 1. The van der Waals surface area contributed by atoms with Crippen molar-refractivity contribution in [3.05, 3.63) is 53.6 Å². The topological polar surface area (TPSA) is 126 Å². The van der Waals surface area contributed by atoms with Gasteiger partial charge in [0.2, 0.25) is 11.8 Å². The Morgan fingerprint density at radius 1 is 1.21 bits per heavy atom. The quantitative estimate of drug-likeness (QED) is 0.467. The van der Waals surface area contributed by atoms with Crippen LogP contribution < -0.4 is 10.1 Å². The normalized spacial score (nSPS) is 18.3. The monoisotopic (exact) mass is 533 g/mol. The molecule has 0 bridgehead atoms. The summed E-state index contributed by atoms with van der Waals surface area (Å²) in [4.78, 5) is 38.7. The van der Waals surface area contributed by atoms with Gasteiger partial charge >= 0.3 is 6.18 Å². The van der Waals surface area contributed by atoms with Crippen LogP contribution in [0.15, 0.2) is 30.7 Å². The molecule has 1 saturated heterocycles. The number of nitrogens with one attached hydrogen (secondary N) is 2. The van der Waals surface area contributed by atoms with Gasteiger partial charge in [-0.05, 0) is 31.7 Å². The van der Waals surface area contributed by atoms with E-state index in [0.29, 0.717) is 25.7 Å². The van der Waals surface area contributed by atoms with Crippen molar-refractivity contribution in [2.45, 2.75) is 43.9 Å². The molecule has 1 atom stereocenters. The highest BCUT2D eigenvalue weighted by molar-refractivity contribution is 5.94. The minimum absolute atomic E-state index is 0.125. The molecule has 14 heteroatoms. The summed E-state index contributed by atoms with van der Waals surface area (Å²) in [5.41, 5.74) is -1.50. The van der Waals surface area contributed by atoms with Crippen molar-refractivity contribution in [1.82, 2.24) is 35.4 Å². The molecule has 2 fully saturated rings. The molecular weight excluding hydrogens is 510 g/mol. The molecule has 5 rings (SSSR count). The van der Waals surface area contributed by atoms with E-state index in [1.54, 1.807) is 4.90 Å². The van der Waals surface area contributed by atoms with E-state index in [1.807, 2.05) is 0 Å².